The standard InChI is InChI=1S/C13H16FNO4/c1-8(2)6-15(7-11(17)18)13(19)12-9(14)4-3-5-10(12)16/h3-5,8,16H,6-7H2,1-2H3,(H,17,18). The van der Waals surface area contributed by atoms with Gasteiger partial charge in [-0.05, 0) is 18.1 Å². The Balaban J connectivity index is 3.08. The van der Waals surface area contributed by atoms with E-state index in [1.54, 1.807) is 0 Å². The van der Waals surface area contributed by atoms with Crippen molar-refractivity contribution in [2.24, 2.45) is 5.92 Å². The van der Waals surface area contributed by atoms with Crippen molar-refractivity contribution < 1.29 is 24.2 Å². The zero-order valence-corrected chi connectivity index (χ0v) is 10.8. The number of nitrogens with zero attached hydrogens (tertiary/aromatic N) is 1. The number of carbonyl (C=O) groups is 2. The van der Waals surface area contributed by atoms with Gasteiger partial charge in [-0.2, -0.15) is 0 Å². The van der Waals surface area contributed by atoms with Gasteiger partial charge >= 0.3 is 5.97 Å². The molecule has 0 aliphatic heterocycles. The molecule has 0 spiro atoms. The lowest BCUT2D eigenvalue weighted by atomic mass is 10.1. The van der Waals surface area contributed by atoms with Crippen molar-refractivity contribution in [2.75, 3.05) is 13.1 Å². The van der Waals surface area contributed by atoms with Gasteiger partial charge in [-0.3, -0.25) is 9.59 Å². The third-order valence-corrected chi connectivity index (χ3v) is 2.40. The van der Waals surface area contributed by atoms with E-state index in [2.05, 4.69) is 0 Å². The minimum Gasteiger partial charge on any atom is -0.507 e. The van der Waals surface area contributed by atoms with Gasteiger partial charge < -0.3 is 15.1 Å². The molecule has 1 aromatic rings. The van der Waals surface area contributed by atoms with Crippen molar-refractivity contribution in [3.8, 4) is 5.75 Å². The number of hydrogen-bond donors (Lipinski definition) is 2. The number of hydrogen-bond acceptors (Lipinski definition) is 3. The first-order chi connectivity index (χ1) is 8.82. The maximum Gasteiger partial charge on any atom is 0.323 e. The van der Waals surface area contributed by atoms with E-state index in [0.29, 0.717) is 0 Å². The summed E-state index contributed by atoms with van der Waals surface area (Å²) in [7, 11) is 0. The zero-order chi connectivity index (χ0) is 14.6. The smallest absolute Gasteiger partial charge is 0.323 e. The van der Waals surface area contributed by atoms with E-state index in [1.807, 2.05) is 13.8 Å². The molecule has 19 heavy (non-hydrogen) atoms. The molecule has 0 saturated carbocycles. The van der Waals surface area contributed by atoms with Crippen LogP contribution in [-0.2, 0) is 4.79 Å². The van der Waals surface area contributed by atoms with E-state index < -0.39 is 35.6 Å². The molecule has 0 aromatic heterocycles. The molecule has 2 N–H and O–H groups in total. The van der Waals surface area contributed by atoms with E-state index in [1.165, 1.54) is 12.1 Å². The van der Waals surface area contributed by atoms with Crippen LogP contribution in [0, 0.1) is 11.7 Å². The van der Waals surface area contributed by atoms with Gasteiger partial charge in [-0.1, -0.05) is 19.9 Å². The molecule has 0 bridgehead atoms. The lowest BCUT2D eigenvalue weighted by Gasteiger charge is -2.23. The Kier molecular flexibility index (Phi) is 4.86. The summed E-state index contributed by atoms with van der Waals surface area (Å²) in [5, 5.41) is 18.3. The number of aliphatic carboxylic acids is 1. The van der Waals surface area contributed by atoms with Crippen molar-refractivity contribution in [1.29, 1.82) is 0 Å². The lowest BCUT2D eigenvalue weighted by molar-refractivity contribution is -0.137. The second kappa shape index (κ2) is 6.17. The Morgan fingerprint density at radius 2 is 2.00 bits per heavy atom. The number of phenolic OH excluding ortho intramolecular Hbond substituents is 1. The van der Waals surface area contributed by atoms with Crippen molar-refractivity contribution in [1.82, 2.24) is 4.90 Å². The molecule has 0 heterocycles. The molecule has 0 aliphatic carbocycles. The first kappa shape index (κ1) is 14.9. The van der Waals surface area contributed by atoms with Crippen LogP contribution in [0.5, 0.6) is 5.75 Å². The number of phenols is 1. The highest BCUT2D eigenvalue weighted by Crippen LogP contribution is 2.22. The zero-order valence-electron chi connectivity index (χ0n) is 10.8. The maximum absolute atomic E-state index is 13.6. The third kappa shape index (κ3) is 3.94. The molecule has 1 amide bonds. The highest BCUT2D eigenvalue weighted by atomic mass is 19.1. The summed E-state index contributed by atoms with van der Waals surface area (Å²) in [6.07, 6.45) is 0. The largest absolute Gasteiger partial charge is 0.507 e. The van der Waals surface area contributed by atoms with Gasteiger partial charge in [0.2, 0.25) is 0 Å². The molecule has 0 fully saturated rings. The summed E-state index contributed by atoms with van der Waals surface area (Å²) in [6.45, 7) is 3.25. The van der Waals surface area contributed by atoms with Crippen LogP contribution in [0.25, 0.3) is 0 Å². The fourth-order valence-electron chi connectivity index (χ4n) is 1.71. The quantitative estimate of drug-likeness (QED) is 0.853. The number of carboxylic acids is 1. The summed E-state index contributed by atoms with van der Waals surface area (Å²) in [4.78, 5) is 23.9. The second-order valence-corrected chi connectivity index (χ2v) is 4.61. The van der Waals surface area contributed by atoms with Crippen LogP contribution in [0.15, 0.2) is 18.2 Å². The highest BCUT2D eigenvalue weighted by molar-refractivity contribution is 5.98. The van der Waals surface area contributed by atoms with Gasteiger partial charge in [0.15, 0.2) is 0 Å². The number of carbonyl (C=O) groups excluding carboxylic acids is 1. The fraction of sp³-hybridized carbons (Fsp3) is 0.385. The van der Waals surface area contributed by atoms with Crippen LogP contribution >= 0.6 is 0 Å². The monoisotopic (exact) mass is 269 g/mol. The maximum atomic E-state index is 13.6. The molecule has 5 nitrogen and oxygen atoms in total. The van der Waals surface area contributed by atoms with Gasteiger partial charge in [0.25, 0.3) is 5.91 Å². The molecule has 6 heteroatoms. The Bertz CT molecular complexity index is 467. The molecule has 0 saturated heterocycles. The van der Waals surface area contributed by atoms with Crippen LogP contribution in [0.4, 0.5) is 4.39 Å². The van der Waals surface area contributed by atoms with Gasteiger partial charge in [0.1, 0.15) is 23.7 Å². The molecule has 1 rings (SSSR count). The number of rotatable bonds is 5. The van der Waals surface area contributed by atoms with E-state index in [4.69, 9.17) is 5.11 Å². The van der Waals surface area contributed by atoms with Crippen molar-refractivity contribution in [3.63, 3.8) is 0 Å². The minimum atomic E-state index is -1.19. The molecular formula is C13H16FNO4. The predicted molar refractivity (Wildman–Crippen MR) is 66.4 cm³/mol. The van der Waals surface area contributed by atoms with E-state index in [-0.39, 0.29) is 12.5 Å². The van der Waals surface area contributed by atoms with Crippen molar-refractivity contribution in [3.05, 3.63) is 29.6 Å². The molecule has 0 atom stereocenters. The van der Waals surface area contributed by atoms with E-state index >= 15 is 0 Å². The summed E-state index contributed by atoms with van der Waals surface area (Å²) in [6, 6.07) is 3.50. The van der Waals surface area contributed by atoms with Gasteiger partial charge in [0.05, 0.1) is 0 Å². The Hall–Kier alpha value is -2.11. The number of aromatic hydroxyl groups is 1. The Morgan fingerprint density at radius 3 is 2.47 bits per heavy atom. The fourth-order valence-corrected chi connectivity index (χ4v) is 1.71. The Labute approximate surface area is 110 Å². The van der Waals surface area contributed by atoms with Crippen LogP contribution in [0.2, 0.25) is 0 Å². The molecule has 0 aliphatic rings. The van der Waals surface area contributed by atoms with Crippen molar-refractivity contribution >= 4 is 11.9 Å². The van der Waals surface area contributed by atoms with Gasteiger partial charge in [0, 0.05) is 6.54 Å². The van der Waals surface area contributed by atoms with Crippen LogP contribution in [0.1, 0.15) is 24.2 Å². The third-order valence-electron chi connectivity index (χ3n) is 2.40. The molecule has 1 aromatic carbocycles. The minimum absolute atomic E-state index is 0.0252. The summed E-state index contributed by atoms with van der Waals surface area (Å²) in [5.74, 6) is -3.36. The summed E-state index contributed by atoms with van der Waals surface area (Å²) in [5.41, 5.74) is -0.496. The number of benzene rings is 1. The van der Waals surface area contributed by atoms with Crippen LogP contribution in [-0.4, -0.2) is 40.1 Å². The van der Waals surface area contributed by atoms with E-state index in [0.717, 1.165) is 11.0 Å². The average molecular weight is 269 g/mol. The highest BCUT2D eigenvalue weighted by Gasteiger charge is 2.24. The van der Waals surface area contributed by atoms with E-state index in [9.17, 15) is 19.1 Å². The molecular weight excluding hydrogens is 253 g/mol. The van der Waals surface area contributed by atoms with Gasteiger partial charge in [-0.15, -0.1) is 0 Å². The van der Waals surface area contributed by atoms with Crippen molar-refractivity contribution in [2.45, 2.75) is 13.8 Å². The summed E-state index contributed by atoms with van der Waals surface area (Å²) >= 11 is 0. The first-order valence-electron chi connectivity index (χ1n) is 5.81. The summed E-state index contributed by atoms with van der Waals surface area (Å²) < 4.78 is 13.6. The molecule has 104 valence electrons. The number of carboxylic acid groups (broad SMARTS) is 1. The average Bonchev–Trinajstić information content (AvgIpc) is 2.26. The van der Waals surface area contributed by atoms with Gasteiger partial charge in [-0.25, -0.2) is 4.39 Å². The van der Waals surface area contributed by atoms with Crippen LogP contribution < -0.4 is 0 Å². The Morgan fingerprint density at radius 1 is 1.37 bits per heavy atom. The normalized spacial score (nSPS) is 10.5. The second-order valence-electron chi connectivity index (χ2n) is 4.61. The molecule has 0 radical (unpaired) electrons. The number of halogens is 1. The topological polar surface area (TPSA) is 77.8 Å². The SMILES string of the molecule is CC(C)CN(CC(=O)O)C(=O)c1c(O)cccc1F. The van der Waals surface area contributed by atoms with Crippen LogP contribution in [0.3, 0.4) is 0 Å². The first-order valence-corrected chi connectivity index (χ1v) is 5.81. The molecule has 0 unspecified atom stereocenters. The number of amides is 1. The lowest BCUT2D eigenvalue weighted by Crippen LogP contribution is -2.38. The predicted octanol–water partition coefficient (Wildman–Crippen LogP) is 1.71.